The number of fused-ring (bicyclic) bond motifs is 1. The van der Waals surface area contributed by atoms with Crippen LogP contribution in [0.5, 0.6) is 0 Å². The number of aliphatic hydroxyl groups excluding tert-OH is 1. The highest BCUT2D eigenvalue weighted by molar-refractivity contribution is 5.93. The molecule has 0 saturated carbocycles. The molecule has 172 valence electrons. The van der Waals surface area contributed by atoms with Gasteiger partial charge in [0.1, 0.15) is 12.4 Å². The summed E-state index contributed by atoms with van der Waals surface area (Å²) in [5.74, 6) is -0.178. The Labute approximate surface area is 190 Å². The average molecular weight is 438 g/mol. The maximum Gasteiger partial charge on any atom is 0.227 e. The molecule has 3 N–H and O–H groups in total. The molecule has 0 fully saturated rings. The van der Waals surface area contributed by atoms with Crippen molar-refractivity contribution in [1.82, 2.24) is 5.32 Å². The lowest BCUT2D eigenvalue weighted by atomic mass is 9.87. The van der Waals surface area contributed by atoms with Gasteiger partial charge in [0.15, 0.2) is 0 Å². The fourth-order valence-corrected chi connectivity index (χ4v) is 3.89. The summed E-state index contributed by atoms with van der Waals surface area (Å²) in [6.45, 7) is 10.4. The fraction of sp³-hybridized carbons (Fsp3) is 0.440. The molecule has 0 aromatic heterocycles. The van der Waals surface area contributed by atoms with Crippen LogP contribution < -0.4 is 20.6 Å². The fourth-order valence-electron chi connectivity index (χ4n) is 3.89. The van der Waals surface area contributed by atoms with Crippen molar-refractivity contribution in [1.29, 1.82) is 0 Å². The zero-order valence-corrected chi connectivity index (χ0v) is 19.1. The van der Waals surface area contributed by atoms with E-state index in [0.717, 1.165) is 22.4 Å². The highest BCUT2D eigenvalue weighted by Crippen LogP contribution is 2.29. The monoisotopic (exact) mass is 437 g/mol. The van der Waals surface area contributed by atoms with Gasteiger partial charge in [-0.3, -0.25) is 15.1 Å². The molecular weight excluding hydrogens is 404 g/mol. The molecule has 2 aromatic rings. The second-order valence-electron chi connectivity index (χ2n) is 9.12. The largest absolute Gasteiger partial charge is 0.853 e. The first kappa shape index (κ1) is 23.9. The number of carbonyl (C=O) groups is 1. The topological polar surface area (TPSA) is 100 Å². The summed E-state index contributed by atoms with van der Waals surface area (Å²) in [6.07, 6.45) is -0.604. The van der Waals surface area contributed by atoms with Crippen LogP contribution >= 0.6 is 0 Å². The molecule has 3 rings (SSSR count). The van der Waals surface area contributed by atoms with Gasteiger partial charge in [0.05, 0.1) is 0 Å². The van der Waals surface area contributed by atoms with Crippen molar-refractivity contribution >= 4 is 24.0 Å². The number of amides is 1. The summed E-state index contributed by atoms with van der Waals surface area (Å²) in [5, 5.41) is 28.0. The first-order valence-corrected chi connectivity index (χ1v) is 11.0. The van der Waals surface area contributed by atoms with Crippen molar-refractivity contribution in [3.05, 3.63) is 59.2 Å². The van der Waals surface area contributed by atoms with Crippen molar-refractivity contribution in [2.75, 3.05) is 23.4 Å². The molecule has 32 heavy (non-hydrogen) atoms. The van der Waals surface area contributed by atoms with Gasteiger partial charge in [0.25, 0.3) is 0 Å². The minimum absolute atomic E-state index is 0.0123. The Hall–Kier alpha value is -2.74. The van der Waals surface area contributed by atoms with E-state index in [4.69, 9.17) is 0 Å². The van der Waals surface area contributed by atoms with E-state index in [1.165, 1.54) is 4.90 Å². The van der Waals surface area contributed by atoms with Gasteiger partial charge in [-0.25, -0.2) is 0 Å². The van der Waals surface area contributed by atoms with Crippen LogP contribution in [0.15, 0.2) is 47.5 Å². The zero-order chi connectivity index (χ0) is 23.3. The highest BCUT2D eigenvalue weighted by Gasteiger charge is 2.21. The normalized spacial score (nSPS) is 16.3. The summed E-state index contributed by atoms with van der Waals surface area (Å²) in [6, 6.07) is 13.6. The first-order chi connectivity index (χ1) is 15.2. The van der Waals surface area contributed by atoms with Crippen molar-refractivity contribution < 1.29 is 15.0 Å². The van der Waals surface area contributed by atoms with Crippen molar-refractivity contribution in [2.45, 2.75) is 58.0 Å². The van der Waals surface area contributed by atoms with E-state index < -0.39 is 6.23 Å². The third kappa shape index (κ3) is 5.73. The lowest BCUT2D eigenvalue weighted by Crippen LogP contribution is -2.37. The van der Waals surface area contributed by atoms with Crippen LogP contribution in [0.2, 0.25) is 0 Å². The highest BCUT2D eigenvalue weighted by atomic mass is 16.3. The first-order valence-electron chi connectivity index (χ1n) is 11.0. The van der Waals surface area contributed by atoms with Gasteiger partial charge in [-0.1, -0.05) is 39.0 Å². The minimum Gasteiger partial charge on any atom is -0.853 e. The van der Waals surface area contributed by atoms with Gasteiger partial charge in [-0.15, -0.1) is 6.61 Å². The molecule has 1 aliphatic rings. The molecule has 0 radical (unpaired) electrons. The number of hydrogen-bond donors (Lipinski definition) is 3. The van der Waals surface area contributed by atoms with E-state index in [1.54, 1.807) is 0 Å². The Balaban J connectivity index is 1.58. The molecule has 2 atom stereocenters. The van der Waals surface area contributed by atoms with E-state index >= 15 is 0 Å². The minimum atomic E-state index is -0.878. The summed E-state index contributed by atoms with van der Waals surface area (Å²) >= 11 is 0. The van der Waals surface area contributed by atoms with E-state index in [1.807, 2.05) is 42.5 Å². The number of carbonyl (C=O) groups excluding carboxylic acids is 1. The van der Waals surface area contributed by atoms with Gasteiger partial charge in [0, 0.05) is 37.3 Å². The predicted octanol–water partition coefficient (Wildman–Crippen LogP) is 2.69. The maximum absolute atomic E-state index is 12.8. The van der Waals surface area contributed by atoms with E-state index in [-0.39, 0.29) is 43.5 Å². The number of anilines is 2. The molecule has 0 bridgehead atoms. The molecule has 0 spiro atoms. The third-order valence-corrected chi connectivity index (χ3v) is 5.73. The molecule has 0 aliphatic carbocycles. The van der Waals surface area contributed by atoms with Crippen LogP contribution in [-0.2, 0) is 16.8 Å². The van der Waals surface area contributed by atoms with Crippen LogP contribution in [0, 0.1) is 0 Å². The molecule has 7 nitrogen and oxygen atoms in total. The number of rotatable bonds is 9. The number of aliphatic imine (C=N–C) groups is 1. The Morgan fingerprint density at radius 2 is 2.03 bits per heavy atom. The zero-order valence-electron chi connectivity index (χ0n) is 19.1. The smallest absolute Gasteiger partial charge is 0.227 e. The number of benzene rings is 2. The lowest BCUT2D eigenvalue weighted by Gasteiger charge is -2.26. The summed E-state index contributed by atoms with van der Waals surface area (Å²) in [5.41, 5.74) is 4.85. The molecule has 0 saturated heterocycles. The second kappa shape index (κ2) is 10.3. The van der Waals surface area contributed by atoms with E-state index in [0.29, 0.717) is 12.2 Å². The van der Waals surface area contributed by atoms with Crippen molar-refractivity contribution in [3.63, 3.8) is 0 Å². The molecule has 1 aliphatic heterocycles. The summed E-state index contributed by atoms with van der Waals surface area (Å²) < 4.78 is 0. The Kier molecular flexibility index (Phi) is 7.66. The standard InChI is InChI=1S/C25H33N4O3/c1-25(2,3)18-5-8-20(9-6-18)29(13-14-30)23(32)12-11-22(31)28-19-7-10-21-17(15-19)16-27-24(21)26-4/h5-10,15,22,24,27-28,31H,4,11-14,16H2,1-3H3/q-1. The van der Waals surface area contributed by atoms with Gasteiger partial charge < -0.3 is 20.4 Å². The quantitative estimate of drug-likeness (QED) is 0.414. The average Bonchev–Trinajstić information content (AvgIpc) is 3.17. The van der Waals surface area contributed by atoms with E-state index in [9.17, 15) is 15.0 Å². The van der Waals surface area contributed by atoms with Crippen molar-refractivity contribution in [2.24, 2.45) is 4.99 Å². The molecular formula is C25H33N4O3-. The maximum atomic E-state index is 12.8. The Morgan fingerprint density at radius 1 is 1.31 bits per heavy atom. The molecule has 7 heteroatoms. The summed E-state index contributed by atoms with van der Waals surface area (Å²) in [4.78, 5) is 18.4. The van der Waals surface area contributed by atoms with Crippen molar-refractivity contribution in [3.8, 4) is 0 Å². The number of nitrogens with one attached hydrogen (secondary N) is 2. The van der Waals surface area contributed by atoms with Gasteiger partial charge in [-0.05, 0) is 53.1 Å². The number of hydrogen-bond acceptors (Lipinski definition) is 6. The molecule has 1 amide bonds. The van der Waals surface area contributed by atoms with E-state index in [2.05, 4.69) is 43.1 Å². The van der Waals surface area contributed by atoms with Gasteiger partial charge in [0.2, 0.25) is 5.91 Å². The Morgan fingerprint density at radius 3 is 2.66 bits per heavy atom. The van der Waals surface area contributed by atoms with Crippen LogP contribution in [0.3, 0.4) is 0 Å². The molecule has 2 unspecified atom stereocenters. The van der Waals surface area contributed by atoms with Gasteiger partial charge >= 0.3 is 0 Å². The number of aliphatic hydroxyl groups is 1. The third-order valence-electron chi connectivity index (χ3n) is 5.73. The van der Waals surface area contributed by atoms with Crippen LogP contribution in [0.1, 0.15) is 56.5 Å². The SMILES string of the molecule is C=NC1NCc2cc(NC(O)CCC(=O)N(CC[O-])c3ccc(C(C)(C)C)cc3)ccc21. The lowest BCUT2D eigenvalue weighted by molar-refractivity contribution is -0.363. The molecule has 1 heterocycles. The van der Waals surface area contributed by atoms with Crippen LogP contribution in [0.4, 0.5) is 11.4 Å². The Bertz CT molecular complexity index is 937. The number of nitrogens with zero attached hydrogens (tertiary/aromatic N) is 2. The molecule has 2 aromatic carbocycles. The van der Waals surface area contributed by atoms with Gasteiger partial charge in [-0.2, -0.15) is 0 Å². The predicted molar refractivity (Wildman–Crippen MR) is 127 cm³/mol. The van der Waals surface area contributed by atoms with Crippen LogP contribution in [-0.4, -0.2) is 37.1 Å². The summed E-state index contributed by atoms with van der Waals surface area (Å²) in [7, 11) is 0. The second-order valence-corrected chi connectivity index (χ2v) is 9.12. The van der Waals surface area contributed by atoms with Crippen LogP contribution in [0.25, 0.3) is 0 Å².